The van der Waals surface area contributed by atoms with Crippen LogP contribution in [0.25, 0.3) is 0 Å². The topological polar surface area (TPSA) is 18.5 Å². The molecular formula is C16H31N3. The van der Waals surface area contributed by atoms with Gasteiger partial charge in [-0.1, -0.05) is 13.3 Å². The summed E-state index contributed by atoms with van der Waals surface area (Å²) in [5.74, 6) is 0. The number of likely N-dealkylation sites (tertiary alicyclic amines) is 1. The van der Waals surface area contributed by atoms with Crippen LogP contribution in [0.4, 0.5) is 0 Å². The minimum atomic E-state index is 0.756. The predicted octanol–water partition coefficient (Wildman–Crippen LogP) is 2.08. The van der Waals surface area contributed by atoms with E-state index in [0.717, 1.165) is 18.1 Å². The van der Waals surface area contributed by atoms with Crippen molar-refractivity contribution >= 4 is 0 Å². The van der Waals surface area contributed by atoms with Gasteiger partial charge in [0.05, 0.1) is 0 Å². The van der Waals surface area contributed by atoms with Crippen LogP contribution in [0.1, 0.15) is 51.9 Å². The lowest BCUT2D eigenvalue weighted by Gasteiger charge is -2.41. The maximum absolute atomic E-state index is 3.74. The van der Waals surface area contributed by atoms with E-state index in [-0.39, 0.29) is 0 Å². The molecule has 3 saturated heterocycles. The van der Waals surface area contributed by atoms with Crippen molar-refractivity contribution in [2.24, 2.45) is 0 Å². The highest BCUT2D eigenvalue weighted by Gasteiger charge is 2.39. The molecule has 0 saturated carbocycles. The van der Waals surface area contributed by atoms with Crippen molar-refractivity contribution < 1.29 is 0 Å². The molecule has 0 aromatic carbocycles. The van der Waals surface area contributed by atoms with Crippen LogP contribution in [0.15, 0.2) is 0 Å². The molecule has 0 spiro atoms. The highest BCUT2D eigenvalue weighted by molar-refractivity contribution is 4.97. The number of hydrogen-bond acceptors (Lipinski definition) is 3. The second-order valence-corrected chi connectivity index (χ2v) is 6.74. The van der Waals surface area contributed by atoms with Crippen molar-refractivity contribution in [3.8, 4) is 0 Å². The highest BCUT2D eigenvalue weighted by Crippen LogP contribution is 2.31. The fourth-order valence-electron chi connectivity index (χ4n) is 4.47. The first-order valence-electron chi connectivity index (χ1n) is 8.60. The number of nitrogens with zero attached hydrogens (tertiary/aromatic N) is 2. The molecule has 0 bridgehead atoms. The van der Waals surface area contributed by atoms with E-state index in [9.17, 15) is 0 Å². The van der Waals surface area contributed by atoms with Gasteiger partial charge in [0, 0.05) is 31.2 Å². The largest absolute Gasteiger partial charge is 0.313 e. The molecule has 3 unspecified atom stereocenters. The summed E-state index contributed by atoms with van der Waals surface area (Å²) < 4.78 is 0. The molecule has 0 aromatic rings. The minimum absolute atomic E-state index is 0.756. The minimum Gasteiger partial charge on any atom is -0.313 e. The van der Waals surface area contributed by atoms with Crippen LogP contribution in [0, 0.1) is 0 Å². The maximum Gasteiger partial charge on any atom is 0.0264 e. The Balaban J connectivity index is 1.56. The Kier molecular flexibility index (Phi) is 4.78. The molecule has 3 aliphatic rings. The van der Waals surface area contributed by atoms with E-state index in [4.69, 9.17) is 0 Å². The van der Waals surface area contributed by atoms with Gasteiger partial charge in [-0.2, -0.15) is 0 Å². The van der Waals surface area contributed by atoms with Crippen molar-refractivity contribution in [3.05, 3.63) is 0 Å². The SMILES string of the molecule is CCCNC1CCCN(C2CCN3CCCCC23)C1. The number of piperidine rings is 2. The van der Waals surface area contributed by atoms with Gasteiger partial charge >= 0.3 is 0 Å². The van der Waals surface area contributed by atoms with Crippen LogP contribution in [0.2, 0.25) is 0 Å². The van der Waals surface area contributed by atoms with Crippen LogP contribution in [-0.2, 0) is 0 Å². The Labute approximate surface area is 118 Å². The normalized spacial score (nSPS) is 37.4. The van der Waals surface area contributed by atoms with Crippen molar-refractivity contribution in [3.63, 3.8) is 0 Å². The Morgan fingerprint density at radius 3 is 2.63 bits per heavy atom. The van der Waals surface area contributed by atoms with Gasteiger partial charge in [0.25, 0.3) is 0 Å². The standard InChI is InChI=1S/C16H31N3/c1-2-9-17-14-6-5-11-19(13-14)16-8-12-18-10-4-3-7-15(16)18/h14-17H,2-13H2,1H3. The van der Waals surface area contributed by atoms with Crippen molar-refractivity contribution in [2.75, 3.05) is 32.7 Å². The van der Waals surface area contributed by atoms with Gasteiger partial charge in [-0.25, -0.2) is 0 Å². The predicted molar refractivity (Wildman–Crippen MR) is 80.5 cm³/mol. The summed E-state index contributed by atoms with van der Waals surface area (Å²) in [5, 5.41) is 3.74. The molecule has 0 amide bonds. The Morgan fingerprint density at radius 1 is 0.895 bits per heavy atom. The van der Waals surface area contributed by atoms with Gasteiger partial charge in [-0.05, 0) is 58.2 Å². The Hall–Kier alpha value is -0.120. The summed E-state index contributed by atoms with van der Waals surface area (Å²) in [4.78, 5) is 5.60. The highest BCUT2D eigenvalue weighted by atomic mass is 15.3. The zero-order valence-corrected chi connectivity index (χ0v) is 12.6. The third-order valence-corrected chi connectivity index (χ3v) is 5.43. The van der Waals surface area contributed by atoms with Gasteiger partial charge in [-0.15, -0.1) is 0 Å². The molecule has 0 aromatic heterocycles. The fraction of sp³-hybridized carbons (Fsp3) is 1.00. The zero-order chi connectivity index (χ0) is 13.1. The van der Waals surface area contributed by atoms with Gasteiger partial charge in [0.15, 0.2) is 0 Å². The van der Waals surface area contributed by atoms with E-state index in [1.807, 2.05) is 0 Å². The first kappa shape index (κ1) is 13.8. The summed E-state index contributed by atoms with van der Waals surface area (Å²) >= 11 is 0. The van der Waals surface area contributed by atoms with Gasteiger partial charge < -0.3 is 5.32 Å². The number of hydrogen-bond donors (Lipinski definition) is 1. The van der Waals surface area contributed by atoms with Gasteiger partial charge in [0.1, 0.15) is 0 Å². The van der Waals surface area contributed by atoms with Crippen molar-refractivity contribution in [2.45, 2.75) is 70.0 Å². The number of rotatable bonds is 4. The average Bonchev–Trinajstić information content (AvgIpc) is 2.89. The third kappa shape index (κ3) is 3.14. The zero-order valence-electron chi connectivity index (χ0n) is 12.6. The summed E-state index contributed by atoms with van der Waals surface area (Å²) in [7, 11) is 0. The molecule has 1 N–H and O–H groups in total. The molecule has 3 rings (SSSR count). The third-order valence-electron chi connectivity index (χ3n) is 5.43. The number of fused-ring (bicyclic) bond motifs is 1. The molecule has 19 heavy (non-hydrogen) atoms. The van der Waals surface area contributed by atoms with Crippen LogP contribution in [0.3, 0.4) is 0 Å². The summed E-state index contributed by atoms with van der Waals surface area (Å²) in [6.07, 6.45) is 9.81. The van der Waals surface area contributed by atoms with Crippen molar-refractivity contribution in [1.29, 1.82) is 0 Å². The summed E-state index contributed by atoms with van der Waals surface area (Å²) in [6, 6.07) is 2.51. The molecule has 3 fully saturated rings. The first-order chi connectivity index (χ1) is 9.38. The van der Waals surface area contributed by atoms with E-state index in [1.54, 1.807) is 0 Å². The lowest BCUT2D eigenvalue weighted by Crippen LogP contribution is -2.53. The molecule has 110 valence electrons. The van der Waals surface area contributed by atoms with Crippen molar-refractivity contribution in [1.82, 2.24) is 15.1 Å². The van der Waals surface area contributed by atoms with Gasteiger partial charge in [-0.3, -0.25) is 9.80 Å². The Morgan fingerprint density at radius 2 is 1.74 bits per heavy atom. The summed E-state index contributed by atoms with van der Waals surface area (Å²) in [5.41, 5.74) is 0. The van der Waals surface area contributed by atoms with Crippen LogP contribution in [0.5, 0.6) is 0 Å². The fourth-order valence-corrected chi connectivity index (χ4v) is 4.47. The number of nitrogens with one attached hydrogen (secondary N) is 1. The van der Waals surface area contributed by atoms with Crippen LogP contribution >= 0.6 is 0 Å². The van der Waals surface area contributed by atoms with Crippen LogP contribution < -0.4 is 5.32 Å². The van der Waals surface area contributed by atoms with E-state index in [0.29, 0.717) is 0 Å². The van der Waals surface area contributed by atoms with Gasteiger partial charge in [0.2, 0.25) is 0 Å². The molecule has 3 heteroatoms. The summed E-state index contributed by atoms with van der Waals surface area (Å²) in [6.45, 7) is 8.84. The van der Waals surface area contributed by atoms with E-state index in [2.05, 4.69) is 22.0 Å². The van der Waals surface area contributed by atoms with E-state index in [1.165, 1.54) is 77.7 Å². The maximum atomic E-state index is 3.74. The van der Waals surface area contributed by atoms with E-state index >= 15 is 0 Å². The molecule has 0 aliphatic carbocycles. The van der Waals surface area contributed by atoms with Crippen LogP contribution in [-0.4, -0.2) is 60.6 Å². The average molecular weight is 265 g/mol. The lowest BCUT2D eigenvalue weighted by atomic mass is 9.95. The first-order valence-corrected chi connectivity index (χ1v) is 8.60. The second-order valence-electron chi connectivity index (χ2n) is 6.74. The smallest absolute Gasteiger partial charge is 0.0264 e. The lowest BCUT2D eigenvalue weighted by molar-refractivity contribution is 0.0868. The Bertz CT molecular complexity index is 281. The molecule has 3 heterocycles. The second kappa shape index (κ2) is 6.55. The molecular weight excluding hydrogens is 234 g/mol. The molecule has 3 aliphatic heterocycles. The molecule has 3 nitrogen and oxygen atoms in total. The quantitative estimate of drug-likeness (QED) is 0.839. The van der Waals surface area contributed by atoms with E-state index < -0.39 is 0 Å². The molecule has 3 atom stereocenters. The molecule has 0 radical (unpaired) electrons. The monoisotopic (exact) mass is 265 g/mol.